The van der Waals surface area contributed by atoms with Crippen molar-refractivity contribution in [1.29, 1.82) is 0 Å². The van der Waals surface area contributed by atoms with Gasteiger partial charge in [0.1, 0.15) is 6.61 Å². The SMILES string of the molecule is Cc1ccc(S(=O)(=O)O)c(CCCCCC2CCN(C(=O)OCc3ccccc3)CC2)c1. The van der Waals surface area contributed by atoms with Gasteiger partial charge in [-0.05, 0) is 55.7 Å². The maximum absolute atomic E-state index is 12.3. The molecule has 0 unspecified atom stereocenters. The summed E-state index contributed by atoms with van der Waals surface area (Å²) in [6.45, 7) is 3.69. The molecule has 1 saturated heterocycles. The Bertz CT molecular complexity index is 983. The minimum atomic E-state index is -4.18. The number of amides is 1. The molecule has 1 fully saturated rings. The van der Waals surface area contributed by atoms with Crippen LogP contribution in [0.15, 0.2) is 53.4 Å². The number of hydrogen-bond donors (Lipinski definition) is 1. The molecule has 0 aliphatic carbocycles. The molecule has 0 radical (unpaired) electrons. The van der Waals surface area contributed by atoms with Crippen LogP contribution in [0.3, 0.4) is 0 Å². The molecule has 1 aliphatic rings. The number of carbonyl (C=O) groups excluding carboxylic acids is 1. The zero-order valence-electron chi connectivity index (χ0n) is 18.7. The molecule has 1 amide bonds. The fourth-order valence-corrected chi connectivity index (χ4v) is 5.03. The van der Waals surface area contributed by atoms with E-state index >= 15 is 0 Å². The minimum Gasteiger partial charge on any atom is -0.445 e. The molecule has 3 rings (SSSR count). The molecule has 2 aromatic rings. The summed E-state index contributed by atoms with van der Waals surface area (Å²) in [6.07, 6.45) is 6.48. The highest BCUT2D eigenvalue weighted by Crippen LogP contribution is 2.25. The van der Waals surface area contributed by atoms with Crippen LogP contribution in [0, 0.1) is 12.8 Å². The van der Waals surface area contributed by atoms with E-state index in [0.717, 1.165) is 62.7 Å². The highest BCUT2D eigenvalue weighted by Gasteiger charge is 2.23. The molecule has 6 nitrogen and oxygen atoms in total. The Morgan fingerprint density at radius 1 is 1.06 bits per heavy atom. The van der Waals surface area contributed by atoms with Gasteiger partial charge in [0.05, 0.1) is 4.90 Å². The highest BCUT2D eigenvalue weighted by molar-refractivity contribution is 7.85. The van der Waals surface area contributed by atoms with Crippen molar-refractivity contribution in [1.82, 2.24) is 4.90 Å². The third kappa shape index (κ3) is 7.35. The van der Waals surface area contributed by atoms with Crippen LogP contribution in [-0.2, 0) is 27.9 Å². The van der Waals surface area contributed by atoms with Crippen LogP contribution < -0.4 is 0 Å². The van der Waals surface area contributed by atoms with Crippen molar-refractivity contribution in [3.05, 3.63) is 65.2 Å². The van der Waals surface area contributed by atoms with Crippen molar-refractivity contribution in [2.24, 2.45) is 5.92 Å². The monoisotopic (exact) mass is 459 g/mol. The molecule has 0 bridgehead atoms. The van der Waals surface area contributed by atoms with Crippen molar-refractivity contribution in [2.75, 3.05) is 13.1 Å². The van der Waals surface area contributed by atoms with Crippen molar-refractivity contribution >= 4 is 16.2 Å². The first-order chi connectivity index (χ1) is 15.3. The molecule has 174 valence electrons. The zero-order valence-corrected chi connectivity index (χ0v) is 19.5. The summed E-state index contributed by atoms with van der Waals surface area (Å²) in [5, 5.41) is 0. The summed E-state index contributed by atoms with van der Waals surface area (Å²) < 4.78 is 38.0. The second-order valence-corrected chi connectivity index (χ2v) is 10.0. The third-order valence-corrected chi connectivity index (χ3v) is 7.08. The van der Waals surface area contributed by atoms with Crippen molar-refractivity contribution in [2.45, 2.75) is 63.4 Å². The largest absolute Gasteiger partial charge is 0.445 e. The second-order valence-electron chi connectivity index (χ2n) is 8.66. The van der Waals surface area contributed by atoms with Gasteiger partial charge in [-0.2, -0.15) is 8.42 Å². The first kappa shape index (κ1) is 24.3. The topological polar surface area (TPSA) is 83.9 Å². The van der Waals surface area contributed by atoms with Gasteiger partial charge in [-0.25, -0.2) is 4.79 Å². The van der Waals surface area contributed by atoms with Crippen LogP contribution >= 0.6 is 0 Å². The maximum atomic E-state index is 12.3. The number of benzene rings is 2. The summed E-state index contributed by atoms with van der Waals surface area (Å²) in [5.74, 6) is 0.612. The van der Waals surface area contributed by atoms with E-state index in [2.05, 4.69) is 0 Å². The molecule has 7 heteroatoms. The predicted molar refractivity (Wildman–Crippen MR) is 124 cm³/mol. The molecule has 2 aromatic carbocycles. The van der Waals surface area contributed by atoms with Gasteiger partial charge in [-0.15, -0.1) is 0 Å². The van der Waals surface area contributed by atoms with Gasteiger partial charge in [-0.1, -0.05) is 67.3 Å². The summed E-state index contributed by atoms with van der Waals surface area (Å²) >= 11 is 0. The zero-order chi connectivity index (χ0) is 23.0. The van der Waals surface area contributed by atoms with Crippen LogP contribution in [-0.4, -0.2) is 37.1 Å². The maximum Gasteiger partial charge on any atom is 0.410 e. The fraction of sp³-hybridized carbons (Fsp3) is 0.480. The van der Waals surface area contributed by atoms with Gasteiger partial charge < -0.3 is 9.64 Å². The molecular formula is C25H33NO5S. The van der Waals surface area contributed by atoms with Gasteiger partial charge in [0.25, 0.3) is 10.1 Å². The van der Waals surface area contributed by atoms with Gasteiger partial charge in [-0.3, -0.25) is 4.55 Å². The van der Waals surface area contributed by atoms with Crippen LogP contribution in [0.2, 0.25) is 0 Å². The second kappa shape index (κ2) is 11.5. The van der Waals surface area contributed by atoms with E-state index in [1.165, 1.54) is 6.07 Å². The molecule has 0 atom stereocenters. The number of hydrogen-bond acceptors (Lipinski definition) is 4. The van der Waals surface area contributed by atoms with E-state index in [0.29, 0.717) is 24.5 Å². The fourth-order valence-electron chi connectivity index (χ4n) is 4.30. The number of aryl methyl sites for hydroxylation is 2. The van der Waals surface area contributed by atoms with Crippen LogP contribution in [0.1, 0.15) is 55.2 Å². The van der Waals surface area contributed by atoms with E-state index in [1.54, 1.807) is 11.0 Å². The lowest BCUT2D eigenvalue weighted by Gasteiger charge is -2.31. The quantitative estimate of drug-likeness (QED) is 0.401. The molecule has 0 spiro atoms. The Morgan fingerprint density at radius 3 is 2.47 bits per heavy atom. The molecule has 1 N–H and O–H groups in total. The average molecular weight is 460 g/mol. The number of ether oxygens (including phenoxy) is 1. The van der Waals surface area contributed by atoms with Crippen LogP contribution in [0.25, 0.3) is 0 Å². The van der Waals surface area contributed by atoms with Gasteiger partial charge in [0, 0.05) is 13.1 Å². The van der Waals surface area contributed by atoms with Gasteiger partial charge in [0.15, 0.2) is 0 Å². The summed E-state index contributed by atoms with van der Waals surface area (Å²) in [7, 11) is -4.18. The van der Waals surface area contributed by atoms with Crippen molar-refractivity contribution < 1.29 is 22.5 Å². The standard InChI is InChI=1S/C25H33NO5S/c1-20-12-13-24(32(28,29)30)23(18-20)11-7-3-4-8-21-14-16-26(17-15-21)25(27)31-19-22-9-5-2-6-10-22/h2,5-6,9-10,12-13,18,21H,3-4,7-8,11,14-17,19H2,1H3,(H,28,29,30). The van der Waals surface area contributed by atoms with Crippen molar-refractivity contribution in [3.63, 3.8) is 0 Å². The smallest absolute Gasteiger partial charge is 0.410 e. The molecule has 32 heavy (non-hydrogen) atoms. The Labute approximate surface area is 191 Å². The number of nitrogens with zero attached hydrogens (tertiary/aromatic N) is 1. The number of unbranched alkanes of at least 4 members (excludes halogenated alkanes) is 2. The Kier molecular flexibility index (Phi) is 8.70. The lowest BCUT2D eigenvalue weighted by atomic mass is 9.91. The number of likely N-dealkylation sites (tertiary alicyclic amines) is 1. The third-order valence-electron chi connectivity index (χ3n) is 6.13. The Balaban J connectivity index is 1.33. The van der Waals surface area contributed by atoms with E-state index in [9.17, 15) is 17.8 Å². The highest BCUT2D eigenvalue weighted by atomic mass is 32.2. The number of rotatable bonds is 9. The van der Waals surface area contributed by atoms with Crippen LogP contribution in [0.5, 0.6) is 0 Å². The Morgan fingerprint density at radius 2 is 1.78 bits per heavy atom. The van der Waals surface area contributed by atoms with Gasteiger partial charge in [0.2, 0.25) is 0 Å². The summed E-state index contributed by atoms with van der Waals surface area (Å²) in [5.41, 5.74) is 2.67. The first-order valence-corrected chi connectivity index (χ1v) is 12.8. The molecule has 0 aromatic heterocycles. The number of carbonyl (C=O) groups is 1. The molecular weight excluding hydrogens is 426 g/mol. The van der Waals surface area contributed by atoms with E-state index in [1.807, 2.05) is 43.3 Å². The lowest BCUT2D eigenvalue weighted by Crippen LogP contribution is -2.38. The van der Waals surface area contributed by atoms with Gasteiger partial charge >= 0.3 is 6.09 Å². The molecule has 1 heterocycles. The predicted octanol–water partition coefficient (Wildman–Crippen LogP) is 5.39. The summed E-state index contributed by atoms with van der Waals surface area (Å²) in [6, 6.07) is 14.7. The van der Waals surface area contributed by atoms with E-state index in [4.69, 9.17) is 4.74 Å². The van der Waals surface area contributed by atoms with E-state index < -0.39 is 10.1 Å². The minimum absolute atomic E-state index is 0.0228. The van der Waals surface area contributed by atoms with Crippen LogP contribution in [0.4, 0.5) is 4.79 Å². The normalized spacial score (nSPS) is 15.0. The molecule has 1 aliphatic heterocycles. The van der Waals surface area contributed by atoms with Crippen molar-refractivity contribution in [3.8, 4) is 0 Å². The lowest BCUT2D eigenvalue weighted by molar-refractivity contribution is 0.0813. The molecule has 0 saturated carbocycles. The van der Waals surface area contributed by atoms with E-state index in [-0.39, 0.29) is 11.0 Å². The Hall–Kier alpha value is -2.38. The number of piperidine rings is 1. The first-order valence-electron chi connectivity index (χ1n) is 11.4. The average Bonchev–Trinajstić information content (AvgIpc) is 2.77. The summed E-state index contributed by atoms with van der Waals surface area (Å²) in [4.78, 5) is 14.1.